The van der Waals surface area contributed by atoms with Crippen LogP contribution in [0.15, 0.2) is 54.7 Å². The Kier molecular flexibility index (Phi) is 6.81. The molecule has 0 amide bonds. The van der Waals surface area contributed by atoms with Crippen LogP contribution in [0.25, 0.3) is 0 Å². The lowest BCUT2D eigenvalue weighted by atomic mass is 10.1. The van der Waals surface area contributed by atoms with Crippen LogP contribution in [-0.4, -0.2) is 46.4 Å². The van der Waals surface area contributed by atoms with E-state index in [1.165, 1.54) is 18.3 Å². The second kappa shape index (κ2) is 10.2. The van der Waals surface area contributed by atoms with Gasteiger partial charge in [-0.15, -0.1) is 0 Å². The first-order chi connectivity index (χ1) is 17.7. The SMILES string of the molecule is O=[N+]([O-])c1cn2c(n1)OC(COc1ccc(OC3CCN(c4ccc(C(F)(F)F)cc4)CC3)cc1)CC2. The molecular weight excluding hydrogens is 493 g/mol. The van der Waals surface area contributed by atoms with Crippen LogP contribution in [0.2, 0.25) is 0 Å². The van der Waals surface area contributed by atoms with Crippen LogP contribution in [0.3, 0.4) is 0 Å². The van der Waals surface area contributed by atoms with Gasteiger partial charge in [-0.2, -0.15) is 13.2 Å². The number of alkyl halides is 3. The number of piperidine rings is 1. The number of nitrogens with zero attached hydrogens (tertiary/aromatic N) is 4. The van der Waals surface area contributed by atoms with Crippen molar-refractivity contribution in [3.63, 3.8) is 0 Å². The molecule has 0 radical (unpaired) electrons. The minimum absolute atomic E-state index is 0.0147. The maximum atomic E-state index is 12.8. The summed E-state index contributed by atoms with van der Waals surface area (Å²) in [6, 6.07) is 12.7. The lowest BCUT2D eigenvalue weighted by molar-refractivity contribution is -0.389. The normalized spacial score (nSPS) is 18.1. The zero-order valence-corrected chi connectivity index (χ0v) is 19.8. The van der Waals surface area contributed by atoms with Crippen LogP contribution >= 0.6 is 0 Å². The van der Waals surface area contributed by atoms with E-state index in [9.17, 15) is 23.3 Å². The van der Waals surface area contributed by atoms with E-state index in [1.807, 2.05) is 12.1 Å². The highest BCUT2D eigenvalue weighted by atomic mass is 19.4. The fourth-order valence-corrected chi connectivity index (χ4v) is 4.43. The molecule has 1 aromatic heterocycles. The third kappa shape index (κ3) is 5.89. The Hall–Kier alpha value is -3.96. The fraction of sp³-hybridized carbons (Fsp3) is 0.400. The third-order valence-electron chi connectivity index (χ3n) is 6.44. The molecule has 2 aromatic carbocycles. The first kappa shape index (κ1) is 24.7. The number of fused-ring (bicyclic) bond motifs is 1. The number of anilines is 1. The van der Waals surface area contributed by atoms with E-state index in [0.29, 0.717) is 37.6 Å². The summed E-state index contributed by atoms with van der Waals surface area (Å²) in [5.74, 6) is 1.12. The standard InChI is InChI=1S/C25H25F3N4O5/c26-25(27,28)17-1-3-18(4-2-17)30-12-9-21(10-13-30)36-20-7-5-19(6-8-20)35-16-22-11-14-31-15-23(32(33)34)29-24(31)37-22/h1-8,15,21-22H,9-14,16H2. The smallest absolute Gasteiger partial charge is 0.416 e. The molecule has 3 heterocycles. The van der Waals surface area contributed by atoms with Gasteiger partial charge in [0.25, 0.3) is 0 Å². The van der Waals surface area contributed by atoms with Crippen molar-refractivity contribution < 1.29 is 32.3 Å². The van der Waals surface area contributed by atoms with E-state index in [1.54, 1.807) is 16.7 Å². The second-order valence-corrected chi connectivity index (χ2v) is 8.99. The molecule has 2 aliphatic rings. The van der Waals surface area contributed by atoms with E-state index >= 15 is 0 Å². The molecule has 37 heavy (non-hydrogen) atoms. The molecule has 2 aliphatic heterocycles. The minimum Gasteiger partial charge on any atom is -0.490 e. The Bertz CT molecular complexity index is 1220. The predicted molar refractivity (Wildman–Crippen MR) is 127 cm³/mol. The largest absolute Gasteiger partial charge is 0.490 e. The van der Waals surface area contributed by atoms with Gasteiger partial charge in [0.2, 0.25) is 0 Å². The molecule has 12 heteroatoms. The molecule has 0 aliphatic carbocycles. The monoisotopic (exact) mass is 518 g/mol. The van der Waals surface area contributed by atoms with Gasteiger partial charge in [-0.05, 0) is 53.5 Å². The van der Waals surface area contributed by atoms with Crippen molar-refractivity contribution in [3.05, 3.63) is 70.4 Å². The first-order valence-electron chi connectivity index (χ1n) is 11.9. The van der Waals surface area contributed by atoms with Gasteiger partial charge in [0, 0.05) is 49.6 Å². The number of aromatic nitrogens is 2. The minimum atomic E-state index is -4.33. The van der Waals surface area contributed by atoms with Crippen molar-refractivity contribution in [1.29, 1.82) is 0 Å². The average molecular weight is 518 g/mol. The highest BCUT2D eigenvalue weighted by Crippen LogP contribution is 2.32. The maximum Gasteiger partial charge on any atom is 0.416 e. The molecule has 3 aromatic rings. The van der Waals surface area contributed by atoms with E-state index in [4.69, 9.17) is 14.2 Å². The molecule has 1 fully saturated rings. The number of imidazole rings is 1. The van der Waals surface area contributed by atoms with Gasteiger partial charge in [0.1, 0.15) is 36.5 Å². The molecule has 0 saturated carbocycles. The van der Waals surface area contributed by atoms with E-state index < -0.39 is 16.7 Å². The Morgan fingerprint density at radius 3 is 2.32 bits per heavy atom. The first-order valence-corrected chi connectivity index (χ1v) is 11.9. The molecular formula is C25H25F3N4O5. The zero-order valence-electron chi connectivity index (χ0n) is 19.8. The molecule has 196 valence electrons. The molecule has 1 unspecified atom stereocenters. The Morgan fingerprint density at radius 1 is 1.00 bits per heavy atom. The number of rotatable bonds is 7. The van der Waals surface area contributed by atoms with Crippen molar-refractivity contribution in [2.24, 2.45) is 0 Å². The number of nitro groups is 1. The number of benzene rings is 2. The van der Waals surface area contributed by atoms with Crippen LogP contribution < -0.4 is 19.1 Å². The highest BCUT2D eigenvalue weighted by Gasteiger charge is 2.31. The van der Waals surface area contributed by atoms with Gasteiger partial charge in [-0.25, -0.2) is 0 Å². The van der Waals surface area contributed by atoms with Gasteiger partial charge in [-0.3, -0.25) is 4.57 Å². The Balaban J connectivity index is 1.07. The third-order valence-corrected chi connectivity index (χ3v) is 6.44. The topological polar surface area (TPSA) is 91.9 Å². The van der Waals surface area contributed by atoms with Gasteiger partial charge < -0.3 is 29.2 Å². The van der Waals surface area contributed by atoms with Crippen LogP contribution in [0.4, 0.5) is 24.7 Å². The summed E-state index contributed by atoms with van der Waals surface area (Å²) in [6.07, 6.45) is -1.06. The summed E-state index contributed by atoms with van der Waals surface area (Å²) in [6.45, 7) is 2.23. The van der Waals surface area contributed by atoms with E-state index in [2.05, 4.69) is 9.88 Å². The van der Waals surface area contributed by atoms with Crippen molar-refractivity contribution >= 4 is 11.5 Å². The highest BCUT2D eigenvalue weighted by molar-refractivity contribution is 5.48. The number of hydrogen-bond donors (Lipinski definition) is 0. The van der Waals surface area contributed by atoms with Crippen LogP contribution in [0, 0.1) is 10.1 Å². The molecule has 1 saturated heterocycles. The zero-order chi connectivity index (χ0) is 26.0. The van der Waals surface area contributed by atoms with Gasteiger partial charge in [0.15, 0.2) is 0 Å². The summed E-state index contributed by atoms with van der Waals surface area (Å²) in [5, 5.41) is 10.9. The maximum absolute atomic E-state index is 12.8. The number of aryl methyl sites for hydroxylation is 1. The molecule has 9 nitrogen and oxygen atoms in total. The predicted octanol–water partition coefficient (Wildman–Crippen LogP) is 5.09. The van der Waals surface area contributed by atoms with Crippen LogP contribution in [-0.2, 0) is 12.7 Å². The number of ether oxygens (including phenoxy) is 3. The number of halogens is 3. The molecule has 0 bridgehead atoms. The van der Waals surface area contributed by atoms with Crippen molar-refractivity contribution in [1.82, 2.24) is 9.55 Å². The molecule has 0 N–H and O–H groups in total. The summed E-state index contributed by atoms with van der Waals surface area (Å²) < 4.78 is 57.6. The lowest BCUT2D eigenvalue weighted by Crippen LogP contribution is -2.38. The fourth-order valence-electron chi connectivity index (χ4n) is 4.43. The lowest BCUT2D eigenvalue weighted by Gasteiger charge is -2.33. The van der Waals surface area contributed by atoms with E-state index in [-0.39, 0.29) is 30.6 Å². The summed E-state index contributed by atoms with van der Waals surface area (Å²) >= 11 is 0. The second-order valence-electron chi connectivity index (χ2n) is 8.99. The van der Waals surface area contributed by atoms with Crippen LogP contribution in [0.5, 0.6) is 17.5 Å². The quantitative estimate of drug-likeness (QED) is 0.318. The van der Waals surface area contributed by atoms with Crippen molar-refractivity contribution in [2.75, 3.05) is 24.6 Å². The summed E-state index contributed by atoms with van der Waals surface area (Å²) in [5.41, 5.74) is 0.128. The summed E-state index contributed by atoms with van der Waals surface area (Å²) in [4.78, 5) is 16.3. The number of hydrogen-bond acceptors (Lipinski definition) is 7. The van der Waals surface area contributed by atoms with Gasteiger partial charge in [0.05, 0.1) is 5.56 Å². The van der Waals surface area contributed by atoms with Gasteiger partial charge >= 0.3 is 18.0 Å². The molecule has 1 atom stereocenters. The Labute approximate surface area is 210 Å². The van der Waals surface area contributed by atoms with Crippen LogP contribution in [0.1, 0.15) is 24.8 Å². The van der Waals surface area contributed by atoms with E-state index in [0.717, 1.165) is 30.7 Å². The Morgan fingerprint density at radius 2 is 1.68 bits per heavy atom. The molecule has 0 spiro atoms. The summed E-state index contributed by atoms with van der Waals surface area (Å²) in [7, 11) is 0. The average Bonchev–Trinajstić information content (AvgIpc) is 3.32. The van der Waals surface area contributed by atoms with Crippen molar-refractivity contribution in [3.8, 4) is 17.5 Å². The molecule has 5 rings (SSSR count). The van der Waals surface area contributed by atoms with Gasteiger partial charge in [-0.1, -0.05) is 0 Å². The van der Waals surface area contributed by atoms with Crippen molar-refractivity contribution in [2.45, 2.75) is 44.2 Å².